The molecule has 2 saturated heterocycles. The number of ketones is 1. The molecule has 1 aromatic carbocycles. The zero-order valence-corrected chi connectivity index (χ0v) is 36.7. The van der Waals surface area contributed by atoms with Crippen molar-refractivity contribution >= 4 is 41.3 Å². The van der Waals surface area contributed by atoms with E-state index in [1.165, 1.54) is 37.9 Å². The monoisotopic (exact) mass is 828 g/mol. The molecule has 0 spiro atoms. The van der Waals surface area contributed by atoms with E-state index in [1.807, 2.05) is 27.7 Å². The SMILES string of the molecule is CC[C@H](C)[C@H]1NC(=O)[C@@H](NC)[C@@H](C)OC(=O)[C@H](Cc2ccc(OC)cc2)N(C)C(=O)[C@@H]2CCCN2C(=O)[C@H](CC(C)C)NC(=O)[C@@H](C)C(=O)[C@H](C(C)C)NC(=O)C[C@@H]1O. The fraction of sp³-hybridized carbons (Fsp3) is 0.698. The Labute approximate surface area is 349 Å². The molecule has 0 bridgehead atoms. The number of amides is 5. The van der Waals surface area contributed by atoms with E-state index in [0.717, 1.165) is 0 Å². The molecule has 0 aromatic heterocycles. The van der Waals surface area contributed by atoms with Crippen LogP contribution in [-0.4, -0.2) is 132 Å². The lowest BCUT2D eigenvalue weighted by molar-refractivity contribution is -0.161. The summed E-state index contributed by atoms with van der Waals surface area (Å²) in [5.74, 6) is -5.78. The van der Waals surface area contributed by atoms with Gasteiger partial charge in [-0.05, 0) is 75.6 Å². The number of aliphatic hydroxyl groups excluding tert-OH is 1. The van der Waals surface area contributed by atoms with Crippen LogP contribution in [0.15, 0.2) is 24.3 Å². The number of benzene rings is 1. The van der Waals surface area contributed by atoms with E-state index in [1.54, 1.807) is 45.0 Å². The van der Waals surface area contributed by atoms with E-state index < -0.39 is 108 Å². The molecule has 2 aliphatic heterocycles. The van der Waals surface area contributed by atoms with Crippen molar-refractivity contribution in [3.8, 4) is 5.75 Å². The largest absolute Gasteiger partial charge is 0.497 e. The number of hydrogen-bond donors (Lipinski definition) is 5. The van der Waals surface area contributed by atoms with Gasteiger partial charge in [0.25, 0.3) is 0 Å². The van der Waals surface area contributed by atoms with Crippen molar-refractivity contribution in [3.05, 3.63) is 29.8 Å². The number of cyclic esters (lactones) is 1. The number of aliphatic hydroxyl groups is 1. The lowest BCUT2D eigenvalue weighted by atomic mass is 9.89. The molecule has 59 heavy (non-hydrogen) atoms. The molecule has 16 nitrogen and oxygen atoms in total. The van der Waals surface area contributed by atoms with Gasteiger partial charge in [-0.15, -0.1) is 0 Å². The minimum Gasteiger partial charge on any atom is -0.497 e. The second-order valence-corrected chi connectivity index (χ2v) is 16.9. The van der Waals surface area contributed by atoms with Gasteiger partial charge in [0.2, 0.25) is 29.5 Å². The maximum Gasteiger partial charge on any atom is 0.329 e. The Balaban J connectivity index is 2.13. The van der Waals surface area contributed by atoms with Crippen molar-refractivity contribution in [2.24, 2.45) is 23.7 Å². The minimum absolute atomic E-state index is 0.0362. The fourth-order valence-corrected chi connectivity index (χ4v) is 7.78. The molecule has 16 heteroatoms. The normalized spacial score (nSPS) is 29.5. The number of carbonyl (C=O) groups is 7. The van der Waals surface area contributed by atoms with Gasteiger partial charge >= 0.3 is 5.97 Å². The quantitative estimate of drug-likeness (QED) is 0.179. The van der Waals surface area contributed by atoms with E-state index in [4.69, 9.17) is 9.47 Å². The Morgan fingerprint density at radius 2 is 1.58 bits per heavy atom. The second kappa shape index (κ2) is 22.2. The molecule has 330 valence electrons. The van der Waals surface area contributed by atoms with Crippen LogP contribution in [0.4, 0.5) is 0 Å². The number of hydrogen-bond acceptors (Lipinski definition) is 11. The highest BCUT2D eigenvalue weighted by Crippen LogP contribution is 2.25. The highest BCUT2D eigenvalue weighted by molar-refractivity contribution is 6.06. The molecule has 2 heterocycles. The number of Topliss-reactive ketones (excluding diaryl/α,β-unsaturated/α-hetero) is 1. The van der Waals surface area contributed by atoms with Crippen LogP contribution in [0.1, 0.15) is 93.1 Å². The maximum absolute atomic E-state index is 14.5. The predicted octanol–water partition coefficient (Wildman–Crippen LogP) is 1.75. The molecule has 5 N–H and O–H groups in total. The third-order valence-corrected chi connectivity index (χ3v) is 11.7. The van der Waals surface area contributed by atoms with Crippen LogP contribution in [0.25, 0.3) is 0 Å². The summed E-state index contributed by atoms with van der Waals surface area (Å²) in [5, 5.41) is 22.6. The molecule has 5 amide bonds. The number of carbonyl (C=O) groups excluding carboxylic acids is 7. The predicted molar refractivity (Wildman–Crippen MR) is 221 cm³/mol. The van der Waals surface area contributed by atoms with Gasteiger partial charge in [-0.2, -0.15) is 0 Å². The Morgan fingerprint density at radius 3 is 2.14 bits per heavy atom. The molecule has 0 unspecified atom stereocenters. The molecular weight excluding hydrogens is 761 g/mol. The highest BCUT2D eigenvalue weighted by atomic mass is 16.5. The summed E-state index contributed by atoms with van der Waals surface area (Å²) < 4.78 is 11.3. The van der Waals surface area contributed by atoms with Crippen molar-refractivity contribution < 1.29 is 48.1 Å². The molecule has 2 fully saturated rings. The molecule has 0 aliphatic carbocycles. The molecule has 0 saturated carbocycles. The molecule has 2 aliphatic rings. The first kappa shape index (κ1) is 48.8. The lowest BCUT2D eigenvalue weighted by Gasteiger charge is -2.35. The Morgan fingerprint density at radius 1 is 0.932 bits per heavy atom. The Kier molecular flexibility index (Phi) is 18.3. The third kappa shape index (κ3) is 12.7. The summed E-state index contributed by atoms with van der Waals surface area (Å²) in [6.07, 6.45) is -1.30. The van der Waals surface area contributed by atoms with Crippen LogP contribution in [-0.2, 0) is 44.7 Å². The van der Waals surface area contributed by atoms with E-state index in [9.17, 15) is 38.7 Å². The average molecular weight is 829 g/mol. The molecule has 3 rings (SSSR count). The van der Waals surface area contributed by atoms with Crippen LogP contribution in [0.3, 0.4) is 0 Å². The number of nitrogens with zero attached hydrogens (tertiary/aromatic N) is 2. The maximum atomic E-state index is 14.5. The summed E-state index contributed by atoms with van der Waals surface area (Å²) in [5.41, 5.74) is 0.692. The number of nitrogens with one attached hydrogen (secondary N) is 4. The number of esters is 1. The first-order chi connectivity index (χ1) is 27.7. The molecule has 0 radical (unpaired) electrons. The molecule has 10 atom stereocenters. The van der Waals surface area contributed by atoms with Gasteiger partial charge in [-0.25, -0.2) is 4.79 Å². The Hall–Kier alpha value is -4.57. The van der Waals surface area contributed by atoms with Gasteiger partial charge in [0.15, 0.2) is 5.78 Å². The fourth-order valence-electron chi connectivity index (χ4n) is 7.78. The zero-order valence-electron chi connectivity index (χ0n) is 36.7. The topological polar surface area (TPSA) is 213 Å². The van der Waals surface area contributed by atoms with Crippen molar-refractivity contribution in [3.63, 3.8) is 0 Å². The van der Waals surface area contributed by atoms with Crippen LogP contribution >= 0.6 is 0 Å². The van der Waals surface area contributed by atoms with E-state index in [2.05, 4.69) is 21.3 Å². The van der Waals surface area contributed by atoms with Gasteiger partial charge < -0.3 is 45.6 Å². The van der Waals surface area contributed by atoms with E-state index >= 15 is 0 Å². The molecular formula is C43H68N6O10. The van der Waals surface area contributed by atoms with Crippen molar-refractivity contribution in [1.82, 2.24) is 31.1 Å². The average Bonchev–Trinajstić information content (AvgIpc) is 3.69. The number of methoxy groups -OCH3 is 1. The van der Waals surface area contributed by atoms with Crippen molar-refractivity contribution in [1.29, 1.82) is 0 Å². The molecule has 1 aromatic rings. The standard InChI is InChI=1S/C43H68N6O10/c1-12-25(6)36-33(50)22-34(51)46-35(24(4)5)38(52)26(7)39(53)45-30(20-23(2)3)41(55)49-19-13-14-31(49)42(56)48(10)32(21-28-15-17-29(58-11)18-16-28)43(57)59-27(8)37(44-9)40(54)47-36/h15-18,23-27,30-33,35-37,44,50H,12-14,19-22H2,1-11H3,(H,45,53)(H,46,51)(H,47,54)/t25-,26-,27+,30-,31-,32-,33-,35-,36+,37-/m0/s1. The van der Waals surface area contributed by atoms with Gasteiger partial charge in [0.05, 0.1) is 37.6 Å². The smallest absolute Gasteiger partial charge is 0.329 e. The van der Waals surface area contributed by atoms with Gasteiger partial charge in [0.1, 0.15) is 36.0 Å². The second-order valence-electron chi connectivity index (χ2n) is 16.9. The van der Waals surface area contributed by atoms with Crippen LogP contribution in [0.2, 0.25) is 0 Å². The van der Waals surface area contributed by atoms with Gasteiger partial charge in [0, 0.05) is 20.0 Å². The summed E-state index contributed by atoms with van der Waals surface area (Å²) >= 11 is 0. The highest BCUT2D eigenvalue weighted by Gasteiger charge is 2.43. The van der Waals surface area contributed by atoms with Crippen molar-refractivity contribution in [2.75, 3.05) is 27.7 Å². The zero-order chi connectivity index (χ0) is 44.3. The van der Waals surface area contributed by atoms with E-state index in [0.29, 0.717) is 30.6 Å². The summed E-state index contributed by atoms with van der Waals surface area (Å²) in [6.45, 7) is 14.1. The van der Waals surface area contributed by atoms with E-state index in [-0.39, 0.29) is 31.2 Å². The van der Waals surface area contributed by atoms with Crippen molar-refractivity contribution in [2.45, 2.75) is 142 Å². The number of ether oxygens (including phenoxy) is 2. The van der Waals surface area contributed by atoms with Gasteiger partial charge in [-0.1, -0.05) is 60.1 Å². The summed E-state index contributed by atoms with van der Waals surface area (Å²) in [7, 11) is 4.53. The number of fused-ring (bicyclic) bond motifs is 1. The van der Waals surface area contributed by atoms with Crippen LogP contribution in [0, 0.1) is 23.7 Å². The third-order valence-electron chi connectivity index (χ3n) is 11.7. The summed E-state index contributed by atoms with van der Waals surface area (Å²) in [6, 6.07) is 0.675. The number of likely N-dealkylation sites (N-methyl/N-ethyl adjacent to an activating group) is 2. The summed E-state index contributed by atoms with van der Waals surface area (Å²) in [4.78, 5) is 101. The lowest BCUT2D eigenvalue weighted by Crippen LogP contribution is -2.58. The van der Waals surface area contributed by atoms with Crippen LogP contribution in [0.5, 0.6) is 5.75 Å². The first-order valence-electron chi connectivity index (χ1n) is 21.0. The van der Waals surface area contributed by atoms with Gasteiger partial charge in [-0.3, -0.25) is 28.8 Å². The minimum atomic E-state index is -1.37. The number of rotatable bonds is 9. The van der Waals surface area contributed by atoms with Crippen LogP contribution < -0.4 is 26.0 Å². The Bertz CT molecular complexity index is 1640. The first-order valence-corrected chi connectivity index (χ1v) is 21.0.